The Kier molecular flexibility index (Phi) is 18.0. The van der Waals surface area contributed by atoms with Crippen LogP contribution in [0.2, 0.25) is 0 Å². The van der Waals surface area contributed by atoms with Gasteiger partial charge < -0.3 is 18.8 Å². The van der Waals surface area contributed by atoms with Crippen LogP contribution in [-0.4, -0.2) is 55.1 Å². The number of methoxy groups -OCH3 is 2. The molecule has 0 aliphatic rings. The second-order valence-electron chi connectivity index (χ2n) is 18.0. The van der Waals surface area contributed by atoms with Gasteiger partial charge in [-0.05, 0) is 150 Å². The van der Waals surface area contributed by atoms with E-state index in [4.69, 9.17) is 13.7 Å². The highest BCUT2D eigenvalue weighted by molar-refractivity contribution is 14.1. The molecule has 23 heteroatoms. The monoisotopic (exact) mass is 1320 g/mol. The van der Waals surface area contributed by atoms with Crippen molar-refractivity contribution in [3.05, 3.63) is 218 Å². The van der Waals surface area contributed by atoms with E-state index in [2.05, 4.69) is 13.8 Å². The molecule has 0 bridgehead atoms. The highest BCUT2D eigenvalue weighted by atomic mass is 127. The summed E-state index contributed by atoms with van der Waals surface area (Å²) in [5.74, 6) is -1.45. The molecule has 79 heavy (non-hydrogen) atoms. The molecule has 0 aliphatic heterocycles. The van der Waals surface area contributed by atoms with E-state index >= 15 is 4.39 Å². The van der Waals surface area contributed by atoms with Gasteiger partial charge in [-0.1, -0.05) is 62.2 Å². The molecule has 412 valence electrons. The van der Waals surface area contributed by atoms with Gasteiger partial charge in [-0.3, -0.25) is 37.4 Å². The predicted octanol–water partition coefficient (Wildman–Crippen LogP) is 8.12. The molecule has 0 fully saturated rings. The zero-order chi connectivity index (χ0) is 57.9. The molecule has 1 N–H and O–H groups in total. The third kappa shape index (κ3) is 11.7. The Morgan fingerprint density at radius 3 is 1.35 bits per heavy atom. The minimum atomic E-state index is -4.54. The van der Waals surface area contributed by atoms with Crippen LogP contribution in [0.25, 0.3) is 33.4 Å². The standard InChI is InChI=1S/C30H25FIN3O7S.C23H19FIN3O5.C3H8/c1-17-5-12-22(13-6-17)43(39,40)42-26-18(2)28(36)33(3)27-25(26)29(37)34(16-19-7-10-21(41-4)11-8-19)30(38)35(27)24-14-9-20(32)15-23(24)31;1-12-19(29)18-20(26(2)21(12)30)28(17-9-6-14(25)10-16(17)24)23(32)27(22(18)31)11-13-4-7-15(33-3)8-5-13;1-3-2/h5-15H,16H2,1-4H3;4-10,29H,11H2,1-3H3;3H2,1-2H3. The number of hydrogen-bond donors (Lipinski definition) is 1. The summed E-state index contributed by atoms with van der Waals surface area (Å²) in [6.45, 7) is 8.34. The summed E-state index contributed by atoms with van der Waals surface area (Å²) in [5.41, 5.74) is -4.05. The normalized spacial score (nSPS) is 11.2. The van der Waals surface area contributed by atoms with Crippen molar-refractivity contribution < 1.29 is 36.0 Å². The van der Waals surface area contributed by atoms with Crippen molar-refractivity contribution in [1.82, 2.24) is 27.4 Å². The van der Waals surface area contributed by atoms with Crippen molar-refractivity contribution in [2.24, 2.45) is 14.1 Å². The van der Waals surface area contributed by atoms with Gasteiger partial charge in [0.2, 0.25) is 0 Å². The number of hydrogen-bond acceptors (Lipinski definition) is 12. The van der Waals surface area contributed by atoms with Gasteiger partial charge in [0.1, 0.15) is 55.8 Å². The lowest BCUT2D eigenvalue weighted by molar-refractivity contribution is 0.414. The summed E-state index contributed by atoms with van der Waals surface area (Å²) >= 11 is 3.84. The van der Waals surface area contributed by atoms with E-state index < -0.39 is 66.9 Å². The maximum absolute atomic E-state index is 15.4. The van der Waals surface area contributed by atoms with Crippen LogP contribution in [0.3, 0.4) is 0 Å². The highest BCUT2D eigenvalue weighted by Crippen LogP contribution is 2.30. The van der Waals surface area contributed by atoms with Gasteiger partial charge in [-0.2, -0.15) is 8.42 Å². The minimum absolute atomic E-state index is 0.0496. The first-order valence-corrected chi connectivity index (χ1v) is 27.6. The van der Waals surface area contributed by atoms with E-state index in [1.165, 1.54) is 85.0 Å². The number of aromatic nitrogens is 6. The molecule has 4 heterocycles. The van der Waals surface area contributed by atoms with Crippen molar-refractivity contribution >= 4 is 77.4 Å². The van der Waals surface area contributed by atoms with E-state index in [0.29, 0.717) is 29.8 Å². The second kappa shape index (κ2) is 24.2. The lowest BCUT2D eigenvalue weighted by Gasteiger charge is -2.20. The first kappa shape index (κ1) is 59.0. The van der Waals surface area contributed by atoms with Crippen LogP contribution in [0.1, 0.15) is 48.1 Å². The Bertz CT molecular complexity index is 4350. The molecule has 18 nitrogen and oxygen atoms in total. The largest absolute Gasteiger partial charge is 0.506 e. The fourth-order valence-corrected chi connectivity index (χ4v) is 10.3. The Morgan fingerprint density at radius 2 is 0.949 bits per heavy atom. The quantitative estimate of drug-likeness (QED) is 0.0961. The van der Waals surface area contributed by atoms with E-state index in [0.717, 1.165) is 33.0 Å². The summed E-state index contributed by atoms with van der Waals surface area (Å²) in [4.78, 5) is 81.0. The number of aryl methyl sites for hydroxylation is 3. The summed E-state index contributed by atoms with van der Waals surface area (Å²) in [7, 11) is 1.15. The van der Waals surface area contributed by atoms with Crippen LogP contribution in [0.4, 0.5) is 8.78 Å². The van der Waals surface area contributed by atoms with Crippen LogP contribution in [0.5, 0.6) is 23.0 Å². The topological polar surface area (TPSA) is 214 Å². The van der Waals surface area contributed by atoms with E-state index in [-0.39, 0.29) is 62.6 Å². The third-order valence-electron chi connectivity index (χ3n) is 12.5. The van der Waals surface area contributed by atoms with Crippen molar-refractivity contribution in [3.63, 3.8) is 0 Å². The van der Waals surface area contributed by atoms with Gasteiger partial charge in [0.25, 0.3) is 22.2 Å². The number of fused-ring (bicyclic) bond motifs is 2. The molecule has 0 saturated carbocycles. The molecule has 4 aromatic heterocycles. The SMILES string of the molecule is CCC.COc1ccc(Cn2c(=O)c3c(O)c(C)c(=O)n(C)c3n(-c3ccc(I)cc3F)c2=O)cc1.COc1ccc(Cn2c(=O)c3c(OS(=O)(=O)c4ccc(C)cc4)c(C)c(=O)n(C)c3n(-c3ccc(I)cc3F)c2=O)cc1. The van der Waals surface area contributed by atoms with Crippen molar-refractivity contribution in [2.75, 3.05) is 14.2 Å². The lowest BCUT2D eigenvalue weighted by atomic mass is 10.2. The molecule has 0 unspecified atom stereocenters. The van der Waals surface area contributed by atoms with Gasteiger partial charge in [0.15, 0.2) is 5.75 Å². The highest BCUT2D eigenvalue weighted by Gasteiger charge is 2.29. The molecule has 0 spiro atoms. The molecule has 5 aromatic carbocycles. The van der Waals surface area contributed by atoms with E-state index in [9.17, 15) is 46.7 Å². The Balaban J connectivity index is 0.000000225. The number of pyridine rings is 2. The van der Waals surface area contributed by atoms with Gasteiger partial charge in [0, 0.05) is 21.2 Å². The first-order valence-electron chi connectivity index (χ1n) is 24.1. The van der Waals surface area contributed by atoms with E-state index in [1.807, 2.05) is 45.2 Å². The first-order chi connectivity index (χ1) is 37.4. The summed E-state index contributed by atoms with van der Waals surface area (Å²) in [6.07, 6.45) is 1.25. The lowest BCUT2D eigenvalue weighted by Crippen LogP contribution is -2.42. The molecule has 9 aromatic rings. The van der Waals surface area contributed by atoms with Gasteiger partial charge in [-0.25, -0.2) is 27.5 Å². The second-order valence-corrected chi connectivity index (χ2v) is 22.1. The fourth-order valence-electron chi connectivity index (χ4n) is 8.42. The predicted molar refractivity (Wildman–Crippen MR) is 314 cm³/mol. The van der Waals surface area contributed by atoms with E-state index in [1.54, 1.807) is 79.7 Å². The number of ether oxygens (including phenoxy) is 2. The fraction of sp³-hybridized carbons (Fsp3) is 0.214. The average molecular weight is 1320 g/mol. The van der Waals surface area contributed by atoms with Gasteiger partial charge >= 0.3 is 21.5 Å². The van der Waals surface area contributed by atoms with Crippen LogP contribution in [-0.2, 0) is 37.3 Å². The molecule has 0 atom stereocenters. The number of nitrogens with zero attached hydrogens (tertiary/aromatic N) is 6. The summed E-state index contributed by atoms with van der Waals surface area (Å²) in [6, 6.07) is 27.5. The van der Waals surface area contributed by atoms with Crippen molar-refractivity contribution in [2.45, 2.75) is 59.0 Å². The molecular formula is C56H52F2I2N6O12S. The maximum atomic E-state index is 15.4. The van der Waals surface area contributed by atoms with Crippen molar-refractivity contribution in [3.8, 4) is 34.4 Å². The Morgan fingerprint density at radius 1 is 0.557 bits per heavy atom. The Hall–Kier alpha value is -7.65. The number of halogens is 4. The number of benzene rings is 5. The smallest absolute Gasteiger partial charge is 0.339 e. The number of aromatic hydroxyl groups is 1. The van der Waals surface area contributed by atoms with Crippen LogP contribution in [0, 0.1) is 39.5 Å². The Labute approximate surface area is 477 Å². The zero-order valence-corrected chi connectivity index (χ0v) is 49.2. The van der Waals surface area contributed by atoms with Crippen LogP contribution in [0.15, 0.2) is 143 Å². The maximum Gasteiger partial charge on any atom is 0.339 e. The molecular weight excluding hydrogens is 1270 g/mol. The summed E-state index contributed by atoms with van der Waals surface area (Å²) < 4.78 is 79.9. The molecule has 9 rings (SSSR count). The molecule has 0 aliphatic carbocycles. The minimum Gasteiger partial charge on any atom is -0.506 e. The molecule has 0 saturated heterocycles. The third-order valence-corrected chi connectivity index (χ3v) is 15.1. The molecule has 0 radical (unpaired) electrons. The van der Waals surface area contributed by atoms with Crippen molar-refractivity contribution in [1.29, 1.82) is 0 Å². The molecule has 0 amide bonds. The summed E-state index contributed by atoms with van der Waals surface area (Å²) in [5, 5.41) is 10.1. The number of rotatable bonds is 11. The average Bonchev–Trinajstić information content (AvgIpc) is 3.62. The van der Waals surface area contributed by atoms with Crippen LogP contribution >= 0.6 is 45.2 Å². The van der Waals surface area contributed by atoms with Gasteiger partial charge in [-0.15, -0.1) is 0 Å². The van der Waals surface area contributed by atoms with Crippen LogP contribution < -0.4 is 47.3 Å². The van der Waals surface area contributed by atoms with Gasteiger partial charge in [0.05, 0.1) is 49.8 Å². The zero-order valence-electron chi connectivity index (χ0n) is 44.1.